The Bertz CT molecular complexity index is 753. The molecule has 6 heteroatoms. The molecule has 4 saturated carbocycles. The number of ether oxygens (including phenoxy) is 5. The van der Waals surface area contributed by atoms with Crippen LogP contribution in [0.1, 0.15) is 97.8 Å². The Labute approximate surface area is 205 Å². The first-order valence-corrected chi connectivity index (χ1v) is 13.6. The van der Waals surface area contributed by atoms with E-state index in [1.165, 1.54) is 0 Å². The zero-order chi connectivity index (χ0) is 24.1. The number of esters is 1. The van der Waals surface area contributed by atoms with Gasteiger partial charge in [0.2, 0.25) is 0 Å². The average Bonchev–Trinajstić information content (AvgIpc) is 2.70. The van der Waals surface area contributed by atoms with Crippen LogP contribution in [0.25, 0.3) is 0 Å². The highest BCUT2D eigenvalue weighted by Gasteiger charge is 2.67. The molecule has 6 aliphatic rings. The van der Waals surface area contributed by atoms with Crippen molar-refractivity contribution in [3.05, 3.63) is 12.2 Å². The summed E-state index contributed by atoms with van der Waals surface area (Å²) in [5.74, 6) is 0.143. The van der Waals surface area contributed by atoms with E-state index in [2.05, 4.69) is 20.4 Å². The highest BCUT2D eigenvalue weighted by Crippen LogP contribution is 2.63. The van der Waals surface area contributed by atoms with Crippen molar-refractivity contribution in [1.82, 2.24) is 0 Å². The molecule has 2 saturated heterocycles. The Balaban J connectivity index is 1.37. The highest BCUT2D eigenvalue weighted by molar-refractivity contribution is 5.87. The fourth-order valence-electron chi connectivity index (χ4n) is 7.92. The Kier molecular flexibility index (Phi) is 6.45. The molecule has 2 heterocycles. The lowest BCUT2D eigenvalue weighted by Crippen LogP contribution is -2.69. The molecule has 2 aliphatic heterocycles. The van der Waals surface area contributed by atoms with Crippen LogP contribution in [0.3, 0.4) is 0 Å². The van der Waals surface area contributed by atoms with Gasteiger partial charge in [0.1, 0.15) is 5.60 Å². The van der Waals surface area contributed by atoms with Gasteiger partial charge in [0, 0.05) is 37.7 Å². The summed E-state index contributed by atoms with van der Waals surface area (Å²) >= 11 is 0. The van der Waals surface area contributed by atoms with Gasteiger partial charge in [-0.05, 0) is 44.9 Å². The third-order valence-electron chi connectivity index (χ3n) is 9.20. The van der Waals surface area contributed by atoms with Crippen LogP contribution in [0.4, 0.5) is 0 Å². The van der Waals surface area contributed by atoms with Crippen molar-refractivity contribution >= 4 is 5.97 Å². The molecule has 0 amide bonds. The second kappa shape index (κ2) is 8.86. The lowest BCUT2D eigenvalue weighted by molar-refractivity contribution is -0.310. The van der Waals surface area contributed by atoms with Crippen LogP contribution in [0.15, 0.2) is 12.2 Å². The second-order valence-corrected chi connectivity index (χ2v) is 12.4. The van der Waals surface area contributed by atoms with E-state index in [-0.39, 0.29) is 28.4 Å². The van der Waals surface area contributed by atoms with E-state index in [9.17, 15) is 4.79 Å². The molecule has 4 unspecified atom stereocenters. The predicted molar refractivity (Wildman–Crippen MR) is 129 cm³/mol. The van der Waals surface area contributed by atoms with Crippen LogP contribution in [0.2, 0.25) is 0 Å². The maximum absolute atomic E-state index is 12.7. The van der Waals surface area contributed by atoms with Crippen molar-refractivity contribution < 1.29 is 28.5 Å². The van der Waals surface area contributed by atoms with Crippen LogP contribution in [-0.4, -0.2) is 60.4 Å². The van der Waals surface area contributed by atoms with Gasteiger partial charge in [-0.2, -0.15) is 0 Å². The predicted octanol–water partition coefficient (Wildman–Crippen LogP) is 5.27. The molecular weight excluding hydrogens is 432 g/mol. The van der Waals surface area contributed by atoms with Crippen molar-refractivity contribution in [3.63, 3.8) is 0 Å². The van der Waals surface area contributed by atoms with E-state index in [0.717, 1.165) is 90.3 Å². The zero-order valence-corrected chi connectivity index (χ0v) is 21.5. The summed E-state index contributed by atoms with van der Waals surface area (Å²) in [6, 6.07) is 0. The van der Waals surface area contributed by atoms with Crippen molar-refractivity contribution in [2.45, 2.75) is 126 Å². The summed E-state index contributed by atoms with van der Waals surface area (Å²) in [5.41, 5.74) is -1.02. The zero-order valence-electron chi connectivity index (χ0n) is 21.5. The van der Waals surface area contributed by atoms with Crippen LogP contribution in [0, 0.1) is 5.92 Å². The molecule has 4 bridgehead atoms. The minimum Gasteiger partial charge on any atom is -0.455 e. The first-order chi connectivity index (χ1) is 16.2. The SMILES string of the molecule is C=C(C)C(=O)OC12CC3CC(OCC4(CCC)CCO4)(CC(OCC4(CCC)CCO4)(C3)C1)C2. The lowest BCUT2D eigenvalue weighted by Gasteiger charge is -2.65. The van der Waals surface area contributed by atoms with E-state index < -0.39 is 5.60 Å². The van der Waals surface area contributed by atoms with Gasteiger partial charge in [-0.25, -0.2) is 4.79 Å². The van der Waals surface area contributed by atoms with Crippen molar-refractivity contribution in [1.29, 1.82) is 0 Å². The van der Waals surface area contributed by atoms with Crippen LogP contribution < -0.4 is 0 Å². The number of hydrogen-bond donors (Lipinski definition) is 0. The summed E-state index contributed by atoms with van der Waals surface area (Å²) in [4.78, 5) is 12.7. The molecular formula is C28H44O6. The van der Waals surface area contributed by atoms with Crippen LogP contribution in [0.5, 0.6) is 0 Å². The fourth-order valence-corrected chi connectivity index (χ4v) is 7.92. The number of hydrogen-bond acceptors (Lipinski definition) is 6. The summed E-state index contributed by atoms with van der Waals surface area (Å²) in [5, 5.41) is 0. The molecule has 34 heavy (non-hydrogen) atoms. The quantitative estimate of drug-likeness (QED) is 0.282. The van der Waals surface area contributed by atoms with E-state index >= 15 is 0 Å². The van der Waals surface area contributed by atoms with Gasteiger partial charge in [-0.1, -0.05) is 33.3 Å². The smallest absolute Gasteiger partial charge is 0.333 e. The number of carbonyl (C=O) groups excluding carboxylic acids is 1. The largest absolute Gasteiger partial charge is 0.455 e. The molecule has 0 spiro atoms. The van der Waals surface area contributed by atoms with Gasteiger partial charge >= 0.3 is 5.97 Å². The van der Waals surface area contributed by atoms with Gasteiger partial charge in [0.15, 0.2) is 0 Å². The van der Waals surface area contributed by atoms with E-state index in [0.29, 0.717) is 24.7 Å². The van der Waals surface area contributed by atoms with Crippen molar-refractivity contribution in [3.8, 4) is 0 Å². The molecule has 0 aromatic heterocycles. The first-order valence-electron chi connectivity index (χ1n) is 13.6. The number of carbonyl (C=O) groups is 1. The standard InChI is InChI=1S/C28H44O6/c1-5-7-24(9-11-30-24)19-32-26-13-22-14-27(16-26,33-20-25(8-6-2)10-12-31-25)18-28(15-22,17-26)34-23(29)21(3)4/h22H,3,5-20H2,1-2,4H3. The topological polar surface area (TPSA) is 63.2 Å². The Morgan fingerprint density at radius 1 is 0.853 bits per heavy atom. The molecule has 192 valence electrons. The summed E-state index contributed by atoms with van der Waals surface area (Å²) in [7, 11) is 0. The molecule has 4 atom stereocenters. The minimum absolute atomic E-state index is 0.140. The first kappa shape index (κ1) is 24.7. The van der Waals surface area contributed by atoms with Gasteiger partial charge in [-0.15, -0.1) is 0 Å². The van der Waals surface area contributed by atoms with Crippen LogP contribution >= 0.6 is 0 Å². The molecule has 0 aromatic rings. The third-order valence-corrected chi connectivity index (χ3v) is 9.20. The second-order valence-electron chi connectivity index (χ2n) is 12.4. The van der Waals surface area contributed by atoms with Gasteiger partial charge in [-0.3, -0.25) is 0 Å². The summed E-state index contributed by atoms with van der Waals surface area (Å²) < 4.78 is 32.0. The van der Waals surface area contributed by atoms with Crippen molar-refractivity contribution in [2.24, 2.45) is 5.92 Å². The Morgan fingerprint density at radius 2 is 1.29 bits per heavy atom. The normalized spacial score (nSPS) is 44.4. The fraction of sp³-hybridized carbons (Fsp3) is 0.893. The van der Waals surface area contributed by atoms with Gasteiger partial charge in [0.05, 0.1) is 48.8 Å². The lowest BCUT2D eigenvalue weighted by atomic mass is 9.50. The van der Waals surface area contributed by atoms with Crippen LogP contribution in [-0.2, 0) is 28.5 Å². The summed E-state index contributed by atoms with van der Waals surface area (Å²) in [6.45, 7) is 12.9. The maximum atomic E-state index is 12.7. The van der Waals surface area contributed by atoms with E-state index in [4.69, 9.17) is 23.7 Å². The number of rotatable bonds is 12. The minimum atomic E-state index is -0.535. The molecule has 0 N–H and O–H groups in total. The Hall–Kier alpha value is -0.950. The highest BCUT2D eigenvalue weighted by atomic mass is 16.6. The van der Waals surface area contributed by atoms with Gasteiger partial charge < -0.3 is 23.7 Å². The Morgan fingerprint density at radius 3 is 1.68 bits per heavy atom. The molecule has 0 radical (unpaired) electrons. The van der Waals surface area contributed by atoms with E-state index in [1.807, 2.05) is 0 Å². The molecule has 6 fully saturated rings. The van der Waals surface area contributed by atoms with Gasteiger partial charge in [0.25, 0.3) is 0 Å². The monoisotopic (exact) mass is 476 g/mol. The molecule has 6 nitrogen and oxygen atoms in total. The molecule has 4 aliphatic carbocycles. The average molecular weight is 477 g/mol. The van der Waals surface area contributed by atoms with E-state index in [1.54, 1.807) is 6.92 Å². The molecule has 0 aromatic carbocycles. The maximum Gasteiger partial charge on any atom is 0.333 e. The summed E-state index contributed by atoms with van der Waals surface area (Å²) in [6.07, 6.45) is 11.7. The third kappa shape index (κ3) is 4.49. The molecule has 6 rings (SSSR count). The van der Waals surface area contributed by atoms with Crippen molar-refractivity contribution in [2.75, 3.05) is 26.4 Å².